The molecule has 170 valence electrons. The van der Waals surface area contributed by atoms with Crippen LogP contribution in [-0.2, 0) is 6.54 Å². The summed E-state index contributed by atoms with van der Waals surface area (Å²) in [4.78, 5) is 29.9. The molecule has 0 bridgehead atoms. The number of rotatable bonds is 6. The first-order valence-electron chi connectivity index (χ1n) is 11.1. The summed E-state index contributed by atoms with van der Waals surface area (Å²) in [5.74, 6) is 0.410. The number of amides is 1. The molecular weight excluding hydrogens is 444 g/mol. The molecule has 0 radical (unpaired) electrons. The molecule has 8 heteroatoms. The Bertz CT molecular complexity index is 1450. The molecule has 0 unspecified atom stereocenters. The molecule has 0 aliphatic rings. The van der Waals surface area contributed by atoms with E-state index in [1.807, 2.05) is 74.8 Å². The molecule has 5 aromatic rings. The fourth-order valence-electron chi connectivity index (χ4n) is 4.09. The lowest BCUT2D eigenvalue weighted by Gasteiger charge is -2.19. The molecule has 4 aromatic heterocycles. The van der Waals surface area contributed by atoms with Gasteiger partial charge >= 0.3 is 0 Å². The molecule has 0 saturated carbocycles. The van der Waals surface area contributed by atoms with Crippen LogP contribution in [0.5, 0.6) is 0 Å². The topological polar surface area (TPSA) is 76.8 Å². The third kappa shape index (κ3) is 4.08. The Morgan fingerprint density at radius 3 is 2.74 bits per heavy atom. The molecule has 7 nitrogen and oxygen atoms in total. The van der Waals surface area contributed by atoms with Crippen molar-refractivity contribution >= 4 is 28.1 Å². The molecule has 34 heavy (non-hydrogen) atoms. The first kappa shape index (κ1) is 21.9. The smallest absolute Gasteiger partial charge is 0.257 e. The lowest BCUT2D eigenvalue weighted by atomic mass is 10.0. The van der Waals surface area contributed by atoms with Gasteiger partial charge in [-0.2, -0.15) is 5.10 Å². The van der Waals surface area contributed by atoms with Gasteiger partial charge in [-0.3, -0.25) is 9.78 Å². The zero-order valence-corrected chi connectivity index (χ0v) is 20.0. The molecule has 0 aliphatic heterocycles. The SMILES string of the molecule is CC(C)c1c(C(=O)N(C)Cc2cccc3ncccc23)cnn1-c1nccc(-c2cccs2)n1. The van der Waals surface area contributed by atoms with Gasteiger partial charge in [0.1, 0.15) is 0 Å². The number of thiophene rings is 1. The predicted molar refractivity (Wildman–Crippen MR) is 134 cm³/mol. The summed E-state index contributed by atoms with van der Waals surface area (Å²) < 4.78 is 1.69. The third-order valence-electron chi connectivity index (χ3n) is 5.68. The summed E-state index contributed by atoms with van der Waals surface area (Å²) in [7, 11) is 1.81. The van der Waals surface area contributed by atoms with E-state index < -0.39 is 0 Å². The summed E-state index contributed by atoms with van der Waals surface area (Å²) in [6, 6.07) is 15.8. The van der Waals surface area contributed by atoms with Gasteiger partial charge in [0.2, 0.25) is 0 Å². The quantitative estimate of drug-likeness (QED) is 0.336. The molecule has 0 fully saturated rings. The maximum atomic E-state index is 13.5. The first-order chi connectivity index (χ1) is 16.5. The van der Waals surface area contributed by atoms with Crippen molar-refractivity contribution in [1.29, 1.82) is 0 Å². The Kier molecular flexibility index (Phi) is 5.90. The van der Waals surface area contributed by atoms with Crippen molar-refractivity contribution in [3.63, 3.8) is 0 Å². The van der Waals surface area contributed by atoms with Crippen LogP contribution in [0.3, 0.4) is 0 Å². The van der Waals surface area contributed by atoms with Crippen molar-refractivity contribution in [2.24, 2.45) is 0 Å². The van der Waals surface area contributed by atoms with Gasteiger partial charge in [-0.1, -0.05) is 38.1 Å². The van der Waals surface area contributed by atoms with Crippen molar-refractivity contribution in [2.75, 3.05) is 7.05 Å². The van der Waals surface area contributed by atoms with E-state index in [-0.39, 0.29) is 11.8 Å². The van der Waals surface area contributed by atoms with Gasteiger partial charge in [0.15, 0.2) is 0 Å². The molecule has 0 atom stereocenters. The Morgan fingerprint density at radius 2 is 1.94 bits per heavy atom. The van der Waals surface area contributed by atoms with E-state index in [1.54, 1.807) is 39.5 Å². The fraction of sp³-hybridized carbons (Fsp3) is 0.192. The van der Waals surface area contributed by atoms with Crippen LogP contribution in [0.1, 0.15) is 41.4 Å². The van der Waals surface area contributed by atoms with Crippen LogP contribution in [0.4, 0.5) is 0 Å². The second-order valence-electron chi connectivity index (χ2n) is 8.38. The molecule has 1 amide bonds. The van der Waals surface area contributed by atoms with Gasteiger partial charge in [0.25, 0.3) is 11.9 Å². The van der Waals surface area contributed by atoms with Gasteiger partial charge in [0.05, 0.1) is 33.5 Å². The van der Waals surface area contributed by atoms with Gasteiger partial charge < -0.3 is 4.90 Å². The molecule has 0 aliphatic carbocycles. The molecule has 0 spiro atoms. The number of benzene rings is 1. The number of carbonyl (C=O) groups excluding carboxylic acids is 1. The molecule has 4 heterocycles. The Labute approximate surface area is 201 Å². The van der Waals surface area contributed by atoms with Crippen molar-refractivity contribution in [3.05, 3.63) is 89.3 Å². The largest absolute Gasteiger partial charge is 0.337 e. The Balaban J connectivity index is 1.48. The normalized spacial score (nSPS) is 11.3. The lowest BCUT2D eigenvalue weighted by molar-refractivity contribution is 0.0784. The standard InChI is InChI=1S/C26H24N6OS/c1-17(2)24-20(15-29-32(24)26-28-13-11-22(30-26)23-10-6-14-34-23)25(33)31(3)16-18-7-4-9-21-19(18)8-5-12-27-21/h4-15,17H,16H2,1-3H3. The number of fused-ring (bicyclic) bond motifs is 1. The van der Waals surface area contributed by atoms with Crippen molar-refractivity contribution < 1.29 is 4.79 Å². The number of hydrogen-bond acceptors (Lipinski definition) is 6. The second-order valence-corrected chi connectivity index (χ2v) is 9.33. The average Bonchev–Trinajstić information content (AvgIpc) is 3.54. The number of pyridine rings is 1. The maximum absolute atomic E-state index is 13.5. The summed E-state index contributed by atoms with van der Waals surface area (Å²) in [5, 5.41) is 7.59. The number of nitrogens with zero attached hydrogens (tertiary/aromatic N) is 6. The van der Waals surface area contributed by atoms with Gasteiger partial charge in [-0.05, 0) is 41.1 Å². The van der Waals surface area contributed by atoms with Crippen LogP contribution in [0.15, 0.2) is 72.5 Å². The molecule has 5 rings (SSSR count). The third-order valence-corrected chi connectivity index (χ3v) is 6.57. The summed E-state index contributed by atoms with van der Waals surface area (Å²) >= 11 is 1.62. The number of hydrogen-bond donors (Lipinski definition) is 0. The molecule has 0 saturated heterocycles. The van der Waals surface area contributed by atoms with E-state index in [9.17, 15) is 4.79 Å². The van der Waals surface area contributed by atoms with Crippen LogP contribution in [0.25, 0.3) is 27.4 Å². The molecule has 1 aromatic carbocycles. The minimum atomic E-state index is -0.0924. The maximum Gasteiger partial charge on any atom is 0.257 e. The van der Waals surface area contributed by atoms with Gasteiger partial charge in [-0.25, -0.2) is 14.6 Å². The minimum Gasteiger partial charge on any atom is -0.337 e. The predicted octanol–water partition coefficient (Wildman–Crippen LogP) is 5.33. The van der Waals surface area contributed by atoms with Crippen molar-refractivity contribution in [1.82, 2.24) is 29.6 Å². The highest BCUT2D eigenvalue weighted by atomic mass is 32.1. The van der Waals surface area contributed by atoms with Crippen molar-refractivity contribution in [2.45, 2.75) is 26.3 Å². The van der Waals surface area contributed by atoms with E-state index in [0.717, 1.165) is 32.7 Å². The van der Waals surface area contributed by atoms with Crippen LogP contribution in [0, 0.1) is 0 Å². The van der Waals surface area contributed by atoms with E-state index in [0.29, 0.717) is 18.1 Å². The van der Waals surface area contributed by atoms with Crippen molar-refractivity contribution in [3.8, 4) is 16.5 Å². The molecular formula is C26H24N6OS. The van der Waals surface area contributed by atoms with Crippen LogP contribution >= 0.6 is 11.3 Å². The summed E-state index contributed by atoms with van der Waals surface area (Å²) in [5.41, 5.74) is 4.15. The zero-order chi connectivity index (χ0) is 23.7. The van der Waals surface area contributed by atoms with Crippen LogP contribution in [-0.4, -0.2) is 42.6 Å². The van der Waals surface area contributed by atoms with E-state index in [2.05, 4.69) is 15.1 Å². The van der Waals surface area contributed by atoms with Crippen LogP contribution < -0.4 is 0 Å². The van der Waals surface area contributed by atoms with E-state index >= 15 is 0 Å². The minimum absolute atomic E-state index is 0.0469. The van der Waals surface area contributed by atoms with E-state index in [1.165, 1.54) is 0 Å². The summed E-state index contributed by atoms with van der Waals surface area (Å²) in [6.07, 6.45) is 5.13. The highest BCUT2D eigenvalue weighted by Crippen LogP contribution is 2.26. The average molecular weight is 469 g/mol. The number of carbonyl (C=O) groups is 1. The monoisotopic (exact) mass is 468 g/mol. The molecule has 0 N–H and O–H groups in total. The lowest BCUT2D eigenvalue weighted by Crippen LogP contribution is -2.27. The fourth-order valence-corrected chi connectivity index (χ4v) is 4.78. The highest BCUT2D eigenvalue weighted by molar-refractivity contribution is 7.13. The zero-order valence-electron chi connectivity index (χ0n) is 19.2. The van der Waals surface area contributed by atoms with Gasteiger partial charge in [0, 0.05) is 31.4 Å². The van der Waals surface area contributed by atoms with E-state index in [4.69, 9.17) is 4.98 Å². The highest BCUT2D eigenvalue weighted by Gasteiger charge is 2.25. The number of aromatic nitrogens is 5. The Morgan fingerprint density at radius 1 is 1.06 bits per heavy atom. The van der Waals surface area contributed by atoms with Crippen LogP contribution in [0.2, 0.25) is 0 Å². The second kappa shape index (κ2) is 9.15. The Hall–Kier alpha value is -3.91. The first-order valence-corrected chi connectivity index (χ1v) is 11.9. The van der Waals surface area contributed by atoms with Gasteiger partial charge in [-0.15, -0.1) is 11.3 Å². The summed E-state index contributed by atoms with van der Waals surface area (Å²) in [6.45, 7) is 4.56.